The molecule has 2 heterocycles. The molecule has 0 aromatic carbocycles. The summed E-state index contributed by atoms with van der Waals surface area (Å²) in [6, 6.07) is -0.338. The topological polar surface area (TPSA) is 111 Å². The van der Waals surface area contributed by atoms with E-state index in [0.29, 0.717) is 34.6 Å². The van der Waals surface area contributed by atoms with E-state index in [2.05, 4.69) is 40.0 Å². The van der Waals surface area contributed by atoms with Crippen molar-refractivity contribution in [1.82, 2.24) is 30.8 Å². The molecule has 1 aliphatic heterocycles. The number of rotatable bonds is 7. The minimum atomic E-state index is -0.433. The first-order valence-electron chi connectivity index (χ1n) is 7.34. The van der Waals surface area contributed by atoms with E-state index in [0.717, 1.165) is 0 Å². The second-order valence-corrected chi connectivity index (χ2v) is 6.25. The molecule has 1 aromatic rings. The Kier molecular flexibility index (Phi) is 5.97. The summed E-state index contributed by atoms with van der Waals surface area (Å²) in [6.45, 7) is 7.02. The molecular weight excluding hydrogens is 320 g/mol. The lowest BCUT2D eigenvalue weighted by Gasteiger charge is -2.20. The van der Waals surface area contributed by atoms with Crippen molar-refractivity contribution in [3.05, 3.63) is 11.3 Å². The maximum atomic E-state index is 12.0. The van der Waals surface area contributed by atoms with Crippen LogP contribution in [0.3, 0.4) is 0 Å². The van der Waals surface area contributed by atoms with E-state index in [1.54, 1.807) is 11.6 Å². The Balaban J connectivity index is 2.10. The lowest BCUT2D eigenvalue weighted by atomic mass is 10.2. The Labute approximate surface area is 138 Å². The van der Waals surface area contributed by atoms with Gasteiger partial charge in [0.15, 0.2) is 0 Å². The molecule has 9 nitrogen and oxygen atoms in total. The third-order valence-electron chi connectivity index (χ3n) is 2.96. The van der Waals surface area contributed by atoms with E-state index in [1.165, 1.54) is 11.8 Å². The van der Waals surface area contributed by atoms with Gasteiger partial charge in [0.1, 0.15) is 0 Å². The molecule has 2 rings (SSSR count). The highest BCUT2D eigenvalue weighted by atomic mass is 32.2. The summed E-state index contributed by atoms with van der Waals surface area (Å²) >= 11 is 1.36. The molecule has 0 unspecified atom stereocenters. The molecule has 126 valence electrons. The minimum Gasteiger partial charge on any atom is -0.463 e. The number of carbonyl (C=O) groups is 2. The lowest BCUT2D eigenvalue weighted by molar-refractivity contribution is -0.138. The number of tetrazole rings is 1. The molecule has 0 saturated heterocycles. The number of hydrogen-bond acceptors (Lipinski definition) is 7. The summed E-state index contributed by atoms with van der Waals surface area (Å²) in [6.07, 6.45) is 0. The molecule has 0 aliphatic carbocycles. The molecular formula is C13H20N6O3S. The predicted molar refractivity (Wildman–Crippen MR) is 83.6 cm³/mol. The van der Waals surface area contributed by atoms with Gasteiger partial charge in [-0.15, -0.1) is 5.10 Å². The van der Waals surface area contributed by atoms with Crippen molar-refractivity contribution < 1.29 is 14.3 Å². The van der Waals surface area contributed by atoms with Crippen LogP contribution in [0.25, 0.3) is 0 Å². The SMILES string of the molecule is CCOC(=O)C1=C(CSc2nnnn2CC(C)C)NC(=O)NC1. The maximum Gasteiger partial charge on any atom is 0.337 e. The molecule has 0 spiro atoms. The summed E-state index contributed by atoms with van der Waals surface area (Å²) in [4.78, 5) is 23.5. The first-order chi connectivity index (χ1) is 11.0. The van der Waals surface area contributed by atoms with Gasteiger partial charge in [-0.1, -0.05) is 25.6 Å². The van der Waals surface area contributed by atoms with Crippen LogP contribution in [0, 0.1) is 5.92 Å². The van der Waals surface area contributed by atoms with Crippen molar-refractivity contribution >= 4 is 23.8 Å². The number of esters is 1. The van der Waals surface area contributed by atoms with Gasteiger partial charge in [-0.2, -0.15) is 0 Å². The van der Waals surface area contributed by atoms with Crippen molar-refractivity contribution in [3.63, 3.8) is 0 Å². The van der Waals surface area contributed by atoms with Gasteiger partial charge in [0.05, 0.1) is 18.7 Å². The number of urea groups is 1. The van der Waals surface area contributed by atoms with Gasteiger partial charge >= 0.3 is 12.0 Å². The number of hydrogen-bond donors (Lipinski definition) is 2. The number of nitrogens with one attached hydrogen (secondary N) is 2. The van der Waals surface area contributed by atoms with E-state index in [1.807, 2.05) is 0 Å². The molecule has 23 heavy (non-hydrogen) atoms. The molecule has 2 amide bonds. The zero-order valence-corrected chi connectivity index (χ0v) is 14.1. The minimum absolute atomic E-state index is 0.150. The second kappa shape index (κ2) is 7.95. The predicted octanol–water partition coefficient (Wildman–Crippen LogP) is 0.551. The molecule has 10 heteroatoms. The highest BCUT2D eigenvalue weighted by Crippen LogP contribution is 2.20. The van der Waals surface area contributed by atoms with Gasteiger partial charge in [0.25, 0.3) is 0 Å². The summed E-state index contributed by atoms with van der Waals surface area (Å²) in [5, 5.41) is 17.5. The average molecular weight is 340 g/mol. The molecule has 0 bridgehead atoms. The third kappa shape index (κ3) is 4.68. The van der Waals surface area contributed by atoms with Crippen LogP contribution < -0.4 is 10.6 Å². The third-order valence-corrected chi connectivity index (χ3v) is 3.94. The van der Waals surface area contributed by atoms with Gasteiger partial charge in [-0.25, -0.2) is 14.3 Å². The quantitative estimate of drug-likeness (QED) is 0.551. The second-order valence-electron chi connectivity index (χ2n) is 5.31. The Bertz CT molecular complexity index is 613. The molecule has 1 aliphatic rings. The maximum absolute atomic E-state index is 12.0. The highest BCUT2D eigenvalue weighted by Gasteiger charge is 2.24. The van der Waals surface area contributed by atoms with E-state index >= 15 is 0 Å². The standard InChI is InChI=1S/C13H20N6O3S/c1-4-22-11(20)9-5-14-12(21)15-10(9)7-23-13-16-17-18-19(13)6-8(2)3/h8H,4-7H2,1-3H3,(H2,14,15,21). The molecule has 0 fully saturated rings. The van der Waals surface area contributed by atoms with E-state index in [9.17, 15) is 9.59 Å². The Morgan fingerprint density at radius 3 is 2.96 bits per heavy atom. The fraction of sp³-hybridized carbons (Fsp3) is 0.615. The number of ether oxygens (including phenoxy) is 1. The number of carbonyl (C=O) groups excluding carboxylic acids is 2. The molecule has 0 atom stereocenters. The van der Waals surface area contributed by atoms with Crippen LogP contribution in [0.5, 0.6) is 0 Å². The highest BCUT2D eigenvalue weighted by molar-refractivity contribution is 7.99. The Hall–Kier alpha value is -2.10. The molecule has 2 N–H and O–H groups in total. The zero-order valence-electron chi connectivity index (χ0n) is 13.3. The summed E-state index contributed by atoms with van der Waals surface area (Å²) < 4.78 is 6.73. The van der Waals surface area contributed by atoms with Crippen LogP contribution in [0.2, 0.25) is 0 Å². The number of thioether (sulfide) groups is 1. The Morgan fingerprint density at radius 1 is 1.48 bits per heavy atom. The van der Waals surface area contributed by atoms with Crippen LogP contribution in [-0.4, -0.2) is 51.1 Å². The first kappa shape index (κ1) is 17.3. The van der Waals surface area contributed by atoms with Crippen LogP contribution in [-0.2, 0) is 16.1 Å². The van der Waals surface area contributed by atoms with Crippen LogP contribution in [0.15, 0.2) is 16.4 Å². The fourth-order valence-electron chi connectivity index (χ4n) is 1.97. The van der Waals surface area contributed by atoms with Gasteiger partial charge in [0.2, 0.25) is 5.16 Å². The molecule has 0 saturated carbocycles. The molecule has 1 aromatic heterocycles. The largest absolute Gasteiger partial charge is 0.463 e. The van der Waals surface area contributed by atoms with Gasteiger partial charge in [0, 0.05) is 18.0 Å². The normalized spacial score (nSPS) is 14.7. The average Bonchev–Trinajstić information content (AvgIpc) is 2.91. The molecule has 0 radical (unpaired) electrons. The van der Waals surface area contributed by atoms with E-state index in [-0.39, 0.29) is 19.2 Å². The van der Waals surface area contributed by atoms with Crippen molar-refractivity contribution in [2.24, 2.45) is 5.92 Å². The van der Waals surface area contributed by atoms with Crippen LogP contribution in [0.4, 0.5) is 4.79 Å². The first-order valence-corrected chi connectivity index (χ1v) is 8.32. The Morgan fingerprint density at radius 2 is 2.26 bits per heavy atom. The summed E-state index contributed by atoms with van der Waals surface area (Å²) in [5.74, 6) is 0.350. The number of nitrogens with zero attached hydrogens (tertiary/aromatic N) is 4. The van der Waals surface area contributed by atoms with Crippen molar-refractivity contribution in [3.8, 4) is 0 Å². The lowest BCUT2D eigenvalue weighted by Crippen LogP contribution is -2.44. The van der Waals surface area contributed by atoms with Crippen molar-refractivity contribution in [1.29, 1.82) is 0 Å². The summed E-state index contributed by atoms with van der Waals surface area (Å²) in [7, 11) is 0. The number of amides is 2. The summed E-state index contributed by atoms with van der Waals surface area (Å²) in [5.41, 5.74) is 0.943. The van der Waals surface area contributed by atoms with E-state index < -0.39 is 5.97 Å². The van der Waals surface area contributed by atoms with E-state index in [4.69, 9.17) is 4.74 Å². The van der Waals surface area contributed by atoms with Gasteiger partial charge < -0.3 is 15.4 Å². The van der Waals surface area contributed by atoms with Gasteiger partial charge in [-0.3, -0.25) is 0 Å². The monoisotopic (exact) mass is 340 g/mol. The van der Waals surface area contributed by atoms with Crippen molar-refractivity contribution in [2.45, 2.75) is 32.5 Å². The smallest absolute Gasteiger partial charge is 0.337 e. The fourth-order valence-corrected chi connectivity index (χ4v) is 2.84. The van der Waals surface area contributed by atoms with Crippen LogP contribution in [0.1, 0.15) is 20.8 Å². The zero-order chi connectivity index (χ0) is 16.8. The van der Waals surface area contributed by atoms with Crippen LogP contribution >= 0.6 is 11.8 Å². The van der Waals surface area contributed by atoms with Gasteiger partial charge in [-0.05, 0) is 23.3 Å². The number of aromatic nitrogens is 4. The van der Waals surface area contributed by atoms with Crippen molar-refractivity contribution in [2.75, 3.05) is 18.9 Å².